The second-order valence-corrected chi connectivity index (χ2v) is 11.1. The lowest BCUT2D eigenvalue weighted by Gasteiger charge is -2.37. The molecule has 2 aromatic rings. The fraction of sp³-hybridized carbons (Fsp3) is 0.250. The van der Waals surface area contributed by atoms with Gasteiger partial charge in [-0.2, -0.15) is 0 Å². The van der Waals surface area contributed by atoms with Crippen molar-refractivity contribution in [3.63, 3.8) is 0 Å². The first kappa shape index (κ1) is 36.3. The molecule has 18 heteroatoms. The Hall–Kier alpha value is -6.56. The number of amides is 2. The highest BCUT2D eigenvalue weighted by Gasteiger charge is 2.32. The second-order valence-electron chi connectivity index (χ2n) is 11.1. The van der Waals surface area contributed by atoms with Gasteiger partial charge in [0.2, 0.25) is 0 Å². The third kappa shape index (κ3) is 9.07. The van der Waals surface area contributed by atoms with Crippen molar-refractivity contribution in [2.75, 3.05) is 12.0 Å². The molecule has 2 aliphatic heterocycles. The largest absolute Gasteiger partial charge is 0.504 e. The number of hydrogen-bond donors (Lipinski definition) is 9. The highest BCUT2D eigenvalue weighted by Crippen LogP contribution is 2.41. The summed E-state index contributed by atoms with van der Waals surface area (Å²) in [6.07, 6.45) is 2.77. The lowest BCUT2D eigenvalue weighted by molar-refractivity contribution is -0.140. The second kappa shape index (κ2) is 16.0. The number of aromatic hydroxyl groups is 1. The first-order valence-electron chi connectivity index (χ1n) is 15.1. The lowest BCUT2D eigenvalue weighted by atomic mass is 10.00. The van der Waals surface area contributed by atoms with E-state index in [1.54, 1.807) is 38.4 Å². The quantitative estimate of drug-likeness (QED) is 0.0741. The maximum atomic E-state index is 12.9. The number of anilines is 1. The Balaban J connectivity index is 1.33. The number of benzene rings is 2. The summed E-state index contributed by atoms with van der Waals surface area (Å²) in [5.41, 5.74) is 7.16. The molecule has 2 atom stereocenters. The molecule has 0 bridgehead atoms. The number of carbonyl (C=O) groups is 6. The summed E-state index contributed by atoms with van der Waals surface area (Å²) in [5.74, 6) is -6.73. The highest BCUT2D eigenvalue weighted by molar-refractivity contribution is 5.97. The predicted molar refractivity (Wildman–Crippen MR) is 174 cm³/mol. The van der Waals surface area contributed by atoms with Crippen molar-refractivity contribution in [2.24, 2.45) is 5.73 Å². The van der Waals surface area contributed by atoms with E-state index in [0.717, 1.165) is 6.07 Å². The summed E-state index contributed by atoms with van der Waals surface area (Å²) in [4.78, 5) is 74.5. The van der Waals surface area contributed by atoms with Gasteiger partial charge in [-0.05, 0) is 48.7 Å². The number of phenolic OH excluding ortho intramolecular Hbond substituents is 1. The molecule has 2 amide bonds. The third-order valence-corrected chi connectivity index (χ3v) is 7.23. The minimum atomic E-state index is -1.47. The molecule has 10 N–H and O–H groups in total. The number of hydrogen-bond acceptors (Lipinski definition) is 14. The monoisotopic (exact) mass is 693 g/mol. The fourth-order valence-electron chi connectivity index (χ4n) is 4.78. The molecule has 0 aliphatic carbocycles. The van der Waals surface area contributed by atoms with Gasteiger partial charge < -0.3 is 51.4 Å². The number of carboxylic acid groups (broad SMARTS) is 2. The zero-order chi connectivity index (χ0) is 36.5. The average Bonchev–Trinajstić information content (AvgIpc) is 3.07. The van der Waals surface area contributed by atoms with Gasteiger partial charge in [-0.3, -0.25) is 25.0 Å². The van der Waals surface area contributed by atoms with Crippen LogP contribution < -0.4 is 41.8 Å². The molecule has 0 fully saturated rings. The molecule has 264 valence electrons. The topological polar surface area (TPSA) is 271 Å². The number of ether oxygens (including phenoxy) is 2. The Morgan fingerprint density at radius 2 is 1.70 bits per heavy atom. The van der Waals surface area contributed by atoms with Crippen LogP contribution in [0.4, 0.5) is 5.69 Å². The molecule has 50 heavy (non-hydrogen) atoms. The van der Waals surface area contributed by atoms with E-state index in [9.17, 15) is 39.0 Å². The van der Waals surface area contributed by atoms with Crippen molar-refractivity contribution in [1.29, 1.82) is 0 Å². The van der Waals surface area contributed by atoms with Gasteiger partial charge in [0.1, 0.15) is 23.3 Å². The minimum absolute atomic E-state index is 0.0251. The van der Waals surface area contributed by atoms with Gasteiger partial charge in [0.25, 0.3) is 11.8 Å². The van der Waals surface area contributed by atoms with E-state index in [1.165, 1.54) is 23.1 Å². The Kier molecular flexibility index (Phi) is 11.6. The summed E-state index contributed by atoms with van der Waals surface area (Å²) in [5, 5.41) is 42.9. The summed E-state index contributed by atoms with van der Waals surface area (Å²) in [6, 6.07) is 6.90. The number of nitrogens with zero attached hydrogens (tertiary/aromatic N) is 1. The van der Waals surface area contributed by atoms with Gasteiger partial charge in [0, 0.05) is 47.8 Å². The van der Waals surface area contributed by atoms with E-state index < -0.39 is 60.2 Å². The van der Waals surface area contributed by atoms with Crippen LogP contribution in [0.2, 0.25) is 0 Å². The van der Waals surface area contributed by atoms with Crippen LogP contribution in [0.15, 0.2) is 72.5 Å². The van der Waals surface area contributed by atoms with Crippen molar-refractivity contribution in [3.8, 4) is 17.2 Å². The minimum Gasteiger partial charge on any atom is -0.504 e. The van der Waals surface area contributed by atoms with Crippen molar-refractivity contribution < 1.29 is 53.6 Å². The molecule has 2 heterocycles. The predicted octanol–water partition coefficient (Wildman–Crippen LogP) is 0.507. The van der Waals surface area contributed by atoms with Crippen LogP contribution in [0.3, 0.4) is 0 Å². The zero-order valence-corrected chi connectivity index (χ0v) is 26.8. The van der Waals surface area contributed by atoms with E-state index in [0.29, 0.717) is 29.4 Å². The van der Waals surface area contributed by atoms with Gasteiger partial charge in [-0.1, -0.05) is 13.8 Å². The molecule has 0 saturated carbocycles. The third-order valence-electron chi connectivity index (χ3n) is 7.23. The van der Waals surface area contributed by atoms with Crippen molar-refractivity contribution in [2.45, 2.75) is 44.9 Å². The zero-order valence-electron chi connectivity index (χ0n) is 26.8. The lowest BCUT2D eigenvalue weighted by Crippen LogP contribution is -2.62. The van der Waals surface area contributed by atoms with E-state index in [2.05, 4.69) is 26.6 Å². The number of nitrogens with one attached hydrogen (secondary N) is 5. The Morgan fingerprint density at radius 1 is 1.00 bits per heavy atom. The van der Waals surface area contributed by atoms with Crippen LogP contribution in [0.25, 0.3) is 0 Å². The van der Waals surface area contributed by atoms with E-state index >= 15 is 0 Å². The fourth-order valence-corrected chi connectivity index (χ4v) is 4.78. The van der Waals surface area contributed by atoms with Gasteiger partial charge in [0.05, 0.1) is 6.67 Å². The van der Waals surface area contributed by atoms with E-state index in [1.807, 2.05) is 0 Å². The van der Waals surface area contributed by atoms with Crippen LogP contribution in [-0.2, 0) is 24.0 Å². The number of rotatable bonds is 14. The Labute approximate surface area is 284 Å². The van der Waals surface area contributed by atoms with E-state index in [-0.39, 0.29) is 41.6 Å². The van der Waals surface area contributed by atoms with Crippen LogP contribution in [-0.4, -0.2) is 74.9 Å². The summed E-state index contributed by atoms with van der Waals surface area (Å²) in [6.45, 7) is 3.35. The van der Waals surface area contributed by atoms with Crippen LogP contribution in [0.1, 0.15) is 48.5 Å². The number of carbonyl (C=O) groups excluding carboxylic acids is 4. The molecular formula is C32H35N7O11. The van der Waals surface area contributed by atoms with Gasteiger partial charge in [-0.15, -0.1) is 0 Å². The standard InChI is InChI=1S/C32H35N7O11/c1-16(2)25-21(9-8-20(40)27(25)50-24(44)12-10-22(41)42)49-23(43)11-7-19(31(47)48)37-29(45)17-3-5-18(6-4-17)36-15-39-30(46)26-28(38-32(39)33)35-14-13-34-26/h3-6,8-10,12-14,16,19,32,34-36,38,40H,7,11,15,33H2,1-2H3,(H,37,45)(H,41,42)(H,47,48)/b12-10+. The molecule has 0 aromatic heterocycles. The van der Waals surface area contributed by atoms with E-state index in [4.69, 9.17) is 20.3 Å². The molecule has 4 rings (SSSR count). The van der Waals surface area contributed by atoms with Crippen molar-refractivity contribution in [1.82, 2.24) is 26.2 Å². The molecule has 2 aliphatic rings. The Morgan fingerprint density at radius 3 is 2.36 bits per heavy atom. The molecule has 18 nitrogen and oxygen atoms in total. The molecule has 0 spiro atoms. The summed E-state index contributed by atoms with van der Waals surface area (Å²) in [7, 11) is 0. The number of nitrogens with two attached hydrogens (primary N) is 1. The first-order chi connectivity index (χ1) is 23.7. The maximum absolute atomic E-state index is 12.9. The normalized spacial score (nSPS) is 15.7. The molecule has 2 aromatic carbocycles. The average molecular weight is 694 g/mol. The van der Waals surface area contributed by atoms with Crippen molar-refractivity contribution in [3.05, 3.63) is 83.6 Å². The summed E-state index contributed by atoms with van der Waals surface area (Å²) >= 11 is 0. The number of phenols is 1. The van der Waals surface area contributed by atoms with Gasteiger partial charge in [-0.25, -0.2) is 14.4 Å². The van der Waals surface area contributed by atoms with Gasteiger partial charge >= 0.3 is 23.9 Å². The highest BCUT2D eigenvalue weighted by atomic mass is 16.6. The van der Waals surface area contributed by atoms with Gasteiger partial charge in [0.15, 0.2) is 17.8 Å². The maximum Gasteiger partial charge on any atom is 0.336 e. The first-order valence-corrected chi connectivity index (χ1v) is 15.1. The number of aliphatic carboxylic acids is 2. The Bertz CT molecular complexity index is 1770. The SMILES string of the molecule is CC(C)c1c(OC(=O)CCC(NC(=O)c2ccc(NCN3C(=O)C4=C(NC=CN4)NC3N)cc2)C(=O)O)ccc(O)c1OC(=O)/C=C/C(=O)O. The number of esters is 2. The number of carboxylic acids is 2. The van der Waals surface area contributed by atoms with Crippen LogP contribution in [0.5, 0.6) is 17.2 Å². The molecular weight excluding hydrogens is 658 g/mol. The molecule has 2 unspecified atom stereocenters. The summed E-state index contributed by atoms with van der Waals surface area (Å²) < 4.78 is 10.5. The van der Waals surface area contributed by atoms with Crippen molar-refractivity contribution >= 4 is 41.4 Å². The molecule has 0 saturated heterocycles. The molecule has 0 radical (unpaired) electrons. The van der Waals surface area contributed by atoms with Crippen LogP contribution in [0, 0.1) is 0 Å². The smallest absolute Gasteiger partial charge is 0.336 e. The van der Waals surface area contributed by atoms with Crippen LogP contribution >= 0.6 is 0 Å².